The SMILES string of the molecule is O=C1NC(c2ccccc2)c2cccc3cccc1c23. The van der Waals surface area contributed by atoms with Crippen LogP contribution >= 0.6 is 0 Å². The van der Waals surface area contributed by atoms with E-state index in [-0.39, 0.29) is 11.9 Å². The van der Waals surface area contributed by atoms with Crippen LogP contribution in [0.15, 0.2) is 66.7 Å². The van der Waals surface area contributed by atoms with Crippen molar-refractivity contribution in [3.63, 3.8) is 0 Å². The van der Waals surface area contributed by atoms with Crippen LogP contribution in [-0.2, 0) is 0 Å². The minimum absolute atomic E-state index is 0.00292. The van der Waals surface area contributed by atoms with Crippen LogP contribution in [0.4, 0.5) is 0 Å². The Labute approximate surface area is 117 Å². The predicted molar refractivity (Wildman–Crippen MR) is 79.7 cm³/mol. The van der Waals surface area contributed by atoms with Crippen LogP contribution in [0.25, 0.3) is 10.8 Å². The normalized spacial score (nSPS) is 17.0. The van der Waals surface area contributed by atoms with Crippen LogP contribution in [0.5, 0.6) is 0 Å². The van der Waals surface area contributed by atoms with E-state index in [1.807, 2.05) is 30.3 Å². The number of rotatable bonds is 1. The van der Waals surface area contributed by atoms with Crippen molar-refractivity contribution < 1.29 is 4.79 Å². The van der Waals surface area contributed by atoms with Gasteiger partial charge in [0.05, 0.1) is 6.04 Å². The number of benzene rings is 3. The molecule has 1 aliphatic heterocycles. The molecule has 96 valence electrons. The van der Waals surface area contributed by atoms with Crippen LogP contribution in [0.3, 0.4) is 0 Å². The summed E-state index contributed by atoms with van der Waals surface area (Å²) in [5.41, 5.74) is 3.05. The molecule has 1 aliphatic rings. The highest BCUT2D eigenvalue weighted by Crippen LogP contribution is 2.34. The fourth-order valence-electron chi connectivity index (χ4n) is 2.99. The molecule has 3 aromatic carbocycles. The van der Waals surface area contributed by atoms with Crippen LogP contribution in [0, 0.1) is 0 Å². The third-order valence-electron chi connectivity index (χ3n) is 3.90. The van der Waals surface area contributed by atoms with Gasteiger partial charge in [-0.15, -0.1) is 0 Å². The predicted octanol–water partition coefficient (Wildman–Crippen LogP) is 3.67. The molecule has 0 fully saturated rings. The van der Waals surface area contributed by atoms with Crippen LogP contribution < -0.4 is 5.32 Å². The first-order valence-electron chi connectivity index (χ1n) is 6.72. The van der Waals surface area contributed by atoms with E-state index < -0.39 is 0 Å². The molecule has 2 heteroatoms. The van der Waals surface area contributed by atoms with Crippen molar-refractivity contribution in [3.05, 3.63) is 83.4 Å². The molecule has 0 saturated heterocycles. The van der Waals surface area contributed by atoms with Gasteiger partial charge in [0.25, 0.3) is 5.91 Å². The average molecular weight is 259 g/mol. The van der Waals surface area contributed by atoms with Gasteiger partial charge >= 0.3 is 0 Å². The average Bonchev–Trinajstić information content (AvgIpc) is 2.52. The Kier molecular flexibility index (Phi) is 2.36. The second-order valence-corrected chi connectivity index (χ2v) is 5.07. The van der Waals surface area contributed by atoms with Gasteiger partial charge in [-0.1, -0.05) is 60.7 Å². The van der Waals surface area contributed by atoms with Gasteiger partial charge in [-0.05, 0) is 22.6 Å². The van der Waals surface area contributed by atoms with E-state index in [1.165, 1.54) is 5.56 Å². The highest BCUT2D eigenvalue weighted by Gasteiger charge is 2.26. The molecule has 1 amide bonds. The van der Waals surface area contributed by atoms with Gasteiger partial charge in [0.2, 0.25) is 0 Å². The number of hydrogen-bond acceptors (Lipinski definition) is 1. The Morgan fingerprint density at radius 2 is 1.55 bits per heavy atom. The van der Waals surface area contributed by atoms with Crippen molar-refractivity contribution in [1.29, 1.82) is 0 Å². The van der Waals surface area contributed by atoms with E-state index >= 15 is 0 Å². The number of amides is 1. The largest absolute Gasteiger partial charge is 0.341 e. The van der Waals surface area contributed by atoms with Gasteiger partial charge in [-0.25, -0.2) is 0 Å². The second-order valence-electron chi connectivity index (χ2n) is 5.07. The molecular weight excluding hydrogens is 246 g/mol. The summed E-state index contributed by atoms with van der Waals surface area (Å²) in [5.74, 6) is 0.00292. The Morgan fingerprint density at radius 1 is 0.800 bits per heavy atom. The molecule has 20 heavy (non-hydrogen) atoms. The Bertz CT molecular complexity index is 803. The third-order valence-corrected chi connectivity index (χ3v) is 3.90. The molecule has 2 nitrogen and oxygen atoms in total. The number of carbonyl (C=O) groups excluding carboxylic acids is 1. The van der Waals surface area contributed by atoms with Crippen molar-refractivity contribution in [2.24, 2.45) is 0 Å². The molecular formula is C18H13NO. The van der Waals surface area contributed by atoms with E-state index in [1.54, 1.807) is 0 Å². The topological polar surface area (TPSA) is 29.1 Å². The molecule has 0 saturated carbocycles. The Hall–Kier alpha value is -2.61. The minimum Gasteiger partial charge on any atom is -0.341 e. The summed E-state index contributed by atoms with van der Waals surface area (Å²) >= 11 is 0. The fourth-order valence-corrected chi connectivity index (χ4v) is 2.99. The molecule has 0 bridgehead atoms. The lowest BCUT2D eigenvalue weighted by Crippen LogP contribution is -2.33. The molecule has 0 aliphatic carbocycles. The first-order valence-corrected chi connectivity index (χ1v) is 6.72. The van der Waals surface area contributed by atoms with Crippen molar-refractivity contribution in [3.8, 4) is 0 Å². The smallest absolute Gasteiger partial charge is 0.252 e. The first kappa shape index (κ1) is 11.2. The molecule has 1 atom stereocenters. The highest BCUT2D eigenvalue weighted by molar-refractivity contribution is 6.10. The molecule has 1 N–H and O–H groups in total. The molecule has 1 unspecified atom stereocenters. The summed E-state index contributed by atoms with van der Waals surface area (Å²) in [6, 6.07) is 22.1. The van der Waals surface area contributed by atoms with Gasteiger partial charge < -0.3 is 5.32 Å². The zero-order valence-electron chi connectivity index (χ0n) is 10.8. The lowest BCUT2D eigenvalue weighted by molar-refractivity contribution is 0.0941. The van der Waals surface area contributed by atoms with Crippen molar-refractivity contribution in [1.82, 2.24) is 5.32 Å². The van der Waals surface area contributed by atoms with Crippen LogP contribution in [-0.4, -0.2) is 5.91 Å². The number of nitrogens with one attached hydrogen (secondary N) is 1. The summed E-state index contributed by atoms with van der Waals surface area (Å²) in [4.78, 5) is 12.3. The summed E-state index contributed by atoms with van der Waals surface area (Å²) in [5, 5.41) is 5.31. The zero-order chi connectivity index (χ0) is 13.5. The molecule has 0 radical (unpaired) electrons. The van der Waals surface area contributed by atoms with E-state index in [0.29, 0.717) is 0 Å². The maximum atomic E-state index is 12.3. The molecule has 0 spiro atoms. The van der Waals surface area contributed by atoms with E-state index in [0.717, 1.165) is 21.9 Å². The van der Waals surface area contributed by atoms with Crippen molar-refractivity contribution in [2.75, 3.05) is 0 Å². The summed E-state index contributed by atoms with van der Waals surface area (Å²) in [6.45, 7) is 0. The van der Waals surface area contributed by atoms with Crippen molar-refractivity contribution in [2.45, 2.75) is 6.04 Å². The van der Waals surface area contributed by atoms with Crippen molar-refractivity contribution >= 4 is 16.7 Å². The van der Waals surface area contributed by atoms with Crippen LogP contribution in [0.1, 0.15) is 27.5 Å². The first-order chi connectivity index (χ1) is 9.84. The van der Waals surface area contributed by atoms with Gasteiger partial charge in [-0.2, -0.15) is 0 Å². The minimum atomic E-state index is -0.0673. The quantitative estimate of drug-likeness (QED) is 0.709. The van der Waals surface area contributed by atoms with E-state index in [4.69, 9.17) is 0 Å². The summed E-state index contributed by atoms with van der Waals surface area (Å²) in [7, 11) is 0. The molecule has 1 heterocycles. The second kappa shape index (κ2) is 4.20. The summed E-state index contributed by atoms with van der Waals surface area (Å²) < 4.78 is 0. The zero-order valence-corrected chi connectivity index (χ0v) is 10.8. The maximum Gasteiger partial charge on any atom is 0.252 e. The lowest BCUT2D eigenvalue weighted by Gasteiger charge is -2.27. The molecule has 0 aromatic heterocycles. The fraction of sp³-hybridized carbons (Fsp3) is 0.0556. The Morgan fingerprint density at radius 3 is 2.35 bits per heavy atom. The number of carbonyl (C=O) groups is 1. The maximum absolute atomic E-state index is 12.3. The molecule has 3 aromatic rings. The summed E-state index contributed by atoms with van der Waals surface area (Å²) in [6.07, 6.45) is 0. The standard InChI is InChI=1S/C18H13NO/c20-18-15-11-5-9-12-8-4-10-14(16(12)15)17(19-18)13-6-2-1-3-7-13/h1-11,17H,(H,19,20). The Balaban J connectivity index is 2.03. The monoisotopic (exact) mass is 259 g/mol. The van der Waals surface area contributed by atoms with Gasteiger partial charge in [0.1, 0.15) is 0 Å². The van der Waals surface area contributed by atoms with Gasteiger partial charge in [0.15, 0.2) is 0 Å². The van der Waals surface area contributed by atoms with Gasteiger partial charge in [-0.3, -0.25) is 4.79 Å². The van der Waals surface area contributed by atoms with Gasteiger partial charge in [0, 0.05) is 10.9 Å². The highest BCUT2D eigenvalue weighted by atomic mass is 16.1. The molecule has 4 rings (SSSR count). The van der Waals surface area contributed by atoms with E-state index in [2.05, 4.69) is 41.7 Å². The lowest BCUT2D eigenvalue weighted by atomic mass is 9.88. The third kappa shape index (κ3) is 1.55. The number of hydrogen-bond donors (Lipinski definition) is 1. The van der Waals surface area contributed by atoms with E-state index in [9.17, 15) is 4.79 Å². The van der Waals surface area contributed by atoms with Crippen LogP contribution in [0.2, 0.25) is 0 Å².